The number of nitrogens with two attached hydrogens (primary N) is 1. The summed E-state index contributed by atoms with van der Waals surface area (Å²) in [5.74, 6) is 0.772. The van der Waals surface area contributed by atoms with Crippen molar-refractivity contribution >= 4 is 0 Å². The second kappa shape index (κ2) is 3.71. The Bertz CT molecular complexity index is 306. The minimum Gasteiger partial charge on any atom is -0.394 e. The molecule has 4 heteroatoms. The smallest absolute Gasteiger partial charge is 0.0951 e. The molecule has 14 heavy (non-hydrogen) atoms. The van der Waals surface area contributed by atoms with E-state index in [0.717, 1.165) is 11.6 Å². The molecule has 78 valence electrons. The van der Waals surface area contributed by atoms with Crippen LogP contribution in [0.25, 0.3) is 0 Å². The van der Waals surface area contributed by atoms with Crippen LogP contribution >= 0.6 is 0 Å². The highest BCUT2D eigenvalue weighted by atomic mass is 16.3. The predicted molar refractivity (Wildman–Crippen MR) is 53.7 cm³/mol. The topological polar surface area (TPSA) is 64.1 Å². The normalized spacial score (nSPS) is 20.8. The quantitative estimate of drug-likeness (QED) is 0.748. The van der Waals surface area contributed by atoms with Crippen LogP contribution in [0.1, 0.15) is 37.5 Å². The van der Waals surface area contributed by atoms with E-state index in [1.807, 2.05) is 6.33 Å². The second-order valence-corrected chi connectivity index (χ2v) is 4.09. The second-order valence-electron chi connectivity index (χ2n) is 4.09. The van der Waals surface area contributed by atoms with Crippen molar-refractivity contribution < 1.29 is 5.11 Å². The van der Waals surface area contributed by atoms with Crippen molar-refractivity contribution in [2.45, 2.75) is 31.8 Å². The van der Waals surface area contributed by atoms with Crippen LogP contribution < -0.4 is 5.73 Å². The van der Waals surface area contributed by atoms with Crippen LogP contribution in [0, 0.1) is 5.92 Å². The fourth-order valence-electron chi connectivity index (χ4n) is 1.84. The van der Waals surface area contributed by atoms with Crippen molar-refractivity contribution in [3.8, 4) is 0 Å². The molecule has 1 fully saturated rings. The largest absolute Gasteiger partial charge is 0.394 e. The molecule has 1 aromatic rings. The molecule has 1 aliphatic carbocycles. The van der Waals surface area contributed by atoms with E-state index in [9.17, 15) is 0 Å². The molecule has 4 nitrogen and oxygen atoms in total. The van der Waals surface area contributed by atoms with Gasteiger partial charge in [0.05, 0.1) is 24.7 Å². The van der Waals surface area contributed by atoms with Crippen LogP contribution in [0.15, 0.2) is 12.5 Å². The first-order chi connectivity index (χ1) is 6.74. The highest BCUT2D eigenvalue weighted by Gasteiger charge is 2.30. The van der Waals surface area contributed by atoms with Gasteiger partial charge in [-0.25, -0.2) is 4.98 Å². The van der Waals surface area contributed by atoms with E-state index in [-0.39, 0.29) is 12.6 Å². The average Bonchev–Trinajstić information content (AvgIpc) is 2.93. The minimum atomic E-state index is -0.307. The highest BCUT2D eigenvalue weighted by Crippen LogP contribution is 2.40. The van der Waals surface area contributed by atoms with Gasteiger partial charge in [-0.3, -0.25) is 0 Å². The molecule has 1 heterocycles. The lowest BCUT2D eigenvalue weighted by Crippen LogP contribution is -2.20. The van der Waals surface area contributed by atoms with Crippen LogP contribution in [0.2, 0.25) is 0 Å². The Labute approximate surface area is 83.8 Å². The number of aliphatic hydroxyl groups excluding tert-OH is 1. The third-order valence-electron chi connectivity index (χ3n) is 3.02. The van der Waals surface area contributed by atoms with Gasteiger partial charge in [-0.2, -0.15) is 0 Å². The first-order valence-electron chi connectivity index (χ1n) is 5.12. The molecule has 0 aromatic carbocycles. The van der Waals surface area contributed by atoms with Gasteiger partial charge in [0.2, 0.25) is 0 Å². The summed E-state index contributed by atoms with van der Waals surface area (Å²) in [5.41, 5.74) is 6.72. The van der Waals surface area contributed by atoms with E-state index in [2.05, 4.69) is 16.5 Å². The third kappa shape index (κ3) is 1.67. The zero-order valence-electron chi connectivity index (χ0n) is 8.43. The van der Waals surface area contributed by atoms with Crippen LogP contribution in [0.4, 0.5) is 0 Å². The molecule has 2 atom stereocenters. The van der Waals surface area contributed by atoms with Crippen molar-refractivity contribution in [2.75, 3.05) is 6.61 Å². The lowest BCUT2D eigenvalue weighted by atomic mass is 10.2. The average molecular weight is 195 g/mol. The maximum atomic E-state index is 9.00. The Morgan fingerprint density at radius 1 is 1.71 bits per heavy atom. The van der Waals surface area contributed by atoms with Crippen LogP contribution in [-0.4, -0.2) is 21.3 Å². The molecular formula is C10H17N3O. The van der Waals surface area contributed by atoms with Crippen LogP contribution in [-0.2, 0) is 0 Å². The molecule has 0 aliphatic heterocycles. The summed E-state index contributed by atoms with van der Waals surface area (Å²) >= 11 is 0. The van der Waals surface area contributed by atoms with E-state index < -0.39 is 0 Å². The molecule has 2 rings (SSSR count). The molecule has 0 radical (unpaired) electrons. The van der Waals surface area contributed by atoms with E-state index >= 15 is 0 Å². The van der Waals surface area contributed by atoms with E-state index in [1.165, 1.54) is 12.8 Å². The summed E-state index contributed by atoms with van der Waals surface area (Å²) in [6, 6.07) is 0.156. The van der Waals surface area contributed by atoms with Crippen molar-refractivity contribution in [3.05, 3.63) is 18.2 Å². The fourth-order valence-corrected chi connectivity index (χ4v) is 1.84. The molecular weight excluding hydrogens is 178 g/mol. The SMILES string of the molecule is CC(C1CC1)n1cncc1C(N)CO. The van der Waals surface area contributed by atoms with Gasteiger partial charge in [0.25, 0.3) is 0 Å². The number of aliphatic hydroxyl groups is 1. The first kappa shape index (κ1) is 9.68. The lowest BCUT2D eigenvalue weighted by Gasteiger charge is -2.18. The molecule has 0 spiro atoms. The van der Waals surface area contributed by atoms with Crippen LogP contribution in [0.5, 0.6) is 0 Å². The van der Waals surface area contributed by atoms with Gasteiger partial charge >= 0.3 is 0 Å². The predicted octanol–water partition coefficient (Wildman–Crippen LogP) is 0.846. The zero-order chi connectivity index (χ0) is 10.1. The fraction of sp³-hybridized carbons (Fsp3) is 0.700. The van der Waals surface area contributed by atoms with Crippen molar-refractivity contribution in [2.24, 2.45) is 11.7 Å². The Hall–Kier alpha value is -0.870. The monoisotopic (exact) mass is 195 g/mol. The van der Waals surface area contributed by atoms with Gasteiger partial charge in [-0.15, -0.1) is 0 Å². The summed E-state index contributed by atoms with van der Waals surface area (Å²) in [4.78, 5) is 4.09. The van der Waals surface area contributed by atoms with E-state index in [4.69, 9.17) is 10.8 Å². The molecule has 1 aromatic heterocycles. The van der Waals surface area contributed by atoms with E-state index in [1.54, 1.807) is 6.20 Å². The summed E-state index contributed by atoms with van der Waals surface area (Å²) in [5, 5.41) is 9.00. The summed E-state index contributed by atoms with van der Waals surface area (Å²) in [7, 11) is 0. The summed E-state index contributed by atoms with van der Waals surface area (Å²) < 4.78 is 2.10. The van der Waals surface area contributed by atoms with Crippen molar-refractivity contribution in [1.29, 1.82) is 0 Å². The van der Waals surface area contributed by atoms with Gasteiger partial charge in [0.1, 0.15) is 0 Å². The molecule has 1 saturated carbocycles. The van der Waals surface area contributed by atoms with Crippen LogP contribution in [0.3, 0.4) is 0 Å². The summed E-state index contributed by atoms with van der Waals surface area (Å²) in [6.45, 7) is 2.16. The van der Waals surface area contributed by atoms with Crippen molar-refractivity contribution in [3.63, 3.8) is 0 Å². The third-order valence-corrected chi connectivity index (χ3v) is 3.02. The number of nitrogens with zero attached hydrogens (tertiary/aromatic N) is 2. The standard InChI is InChI=1S/C10H17N3O/c1-7(8-2-3-8)13-6-12-4-10(13)9(11)5-14/h4,6-9,14H,2-3,5,11H2,1H3. The number of hydrogen-bond acceptors (Lipinski definition) is 3. The van der Waals surface area contributed by atoms with Crippen molar-refractivity contribution in [1.82, 2.24) is 9.55 Å². The molecule has 0 bridgehead atoms. The first-order valence-corrected chi connectivity index (χ1v) is 5.12. The van der Waals surface area contributed by atoms with Gasteiger partial charge < -0.3 is 15.4 Å². The molecule has 0 amide bonds. The summed E-state index contributed by atoms with van der Waals surface area (Å²) in [6.07, 6.45) is 6.16. The number of imidazole rings is 1. The maximum absolute atomic E-state index is 9.00. The molecule has 2 unspecified atom stereocenters. The lowest BCUT2D eigenvalue weighted by molar-refractivity contribution is 0.260. The Balaban J connectivity index is 2.19. The van der Waals surface area contributed by atoms with Gasteiger partial charge in [-0.05, 0) is 25.7 Å². The van der Waals surface area contributed by atoms with Gasteiger partial charge in [0, 0.05) is 12.2 Å². The molecule has 0 saturated heterocycles. The number of aromatic nitrogens is 2. The Morgan fingerprint density at radius 3 is 3.00 bits per heavy atom. The Kier molecular flexibility index (Phi) is 2.56. The number of rotatable bonds is 4. The molecule has 3 N–H and O–H groups in total. The zero-order valence-corrected chi connectivity index (χ0v) is 8.43. The highest BCUT2D eigenvalue weighted by molar-refractivity contribution is 5.07. The number of hydrogen-bond donors (Lipinski definition) is 2. The van der Waals surface area contributed by atoms with Gasteiger partial charge in [0.15, 0.2) is 0 Å². The minimum absolute atomic E-state index is 0.0247. The van der Waals surface area contributed by atoms with Gasteiger partial charge in [-0.1, -0.05) is 0 Å². The Morgan fingerprint density at radius 2 is 2.43 bits per heavy atom. The molecule has 1 aliphatic rings. The maximum Gasteiger partial charge on any atom is 0.0951 e. The van der Waals surface area contributed by atoms with E-state index in [0.29, 0.717) is 6.04 Å².